The van der Waals surface area contributed by atoms with E-state index in [9.17, 15) is 8.42 Å². The highest BCUT2D eigenvalue weighted by Gasteiger charge is 2.03. The van der Waals surface area contributed by atoms with Crippen molar-refractivity contribution in [3.05, 3.63) is 12.4 Å². The van der Waals surface area contributed by atoms with Gasteiger partial charge in [-0.3, -0.25) is 14.7 Å². The van der Waals surface area contributed by atoms with Crippen LogP contribution in [0.5, 0.6) is 0 Å². The summed E-state index contributed by atoms with van der Waals surface area (Å²) in [5, 5.41) is 0. The Labute approximate surface area is 105 Å². The maximum Gasteiger partial charge on any atom is 0.229 e. The molecule has 0 amide bonds. The van der Waals surface area contributed by atoms with Gasteiger partial charge in [0.2, 0.25) is 10.0 Å². The molecule has 0 radical (unpaired) electrons. The van der Waals surface area contributed by atoms with Gasteiger partial charge in [0.1, 0.15) is 0 Å². The molecule has 0 aliphatic heterocycles. The fourth-order valence-corrected chi connectivity index (χ4v) is 1.02. The lowest BCUT2D eigenvalue weighted by atomic mass is 10.3. The molecular formula is C9H16BrN3O2S. The highest BCUT2D eigenvalue weighted by atomic mass is 79.9. The van der Waals surface area contributed by atoms with Crippen LogP contribution < -0.4 is 4.72 Å². The second kappa shape index (κ2) is 7.56. The monoisotopic (exact) mass is 309 g/mol. The summed E-state index contributed by atoms with van der Waals surface area (Å²) < 4.78 is 23.4. The Hall–Kier alpha value is -0.690. The van der Waals surface area contributed by atoms with Crippen LogP contribution in [-0.4, -0.2) is 38.0 Å². The molecule has 1 N–H and O–H groups in total. The molecule has 5 nitrogen and oxygen atoms in total. The lowest BCUT2D eigenvalue weighted by Gasteiger charge is -2.06. The van der Waals surface area contributed by atoms with Crippen LogP contribution in [-0.2, 0) is 10.0 Å². The second-order valence-corrected chi connectivity index (χ2v) is 6.44. The summed E-state index contributed by atoms with van der Waals surface area (Å²) in [6.45, 7) is 3.99. The minimum Gasteiger partial charge on any atom is -0.289 e. The molecule has 0 aliphatic carbocycles. The Morgan fingerprint density at radius 2 is 1.94 bits per heavy atom. The number of hydrogen-bond donors (Lipinski definition) is 1. The van der Waals surface area contributed by atoms with E-state index in [2.05, 4.69) is 30.6 Å². The third-order valence-electron chi connectivity index (χ3n) is 1.58. The Morgan fingerprint density at radius 1 is 1.31 bits per heavy atom. The number of sulfonamides is 1. The summed E-state index contributed by atoms with van der Waals surface area (Å²) in [6.07, 6.45) is 6.73. The molecule has 0 aromatic rings. The molecule has 0 aromatic carbocycles. The largest absolute Gasteiger partial charge is 0.289 e. The fraction of sp³-hybridized carbons (Fsp3) is 0.556. The van der Waals surface area contributed by atoms with Gasteiger partial charge in [-0.25, -0.2) is 8.42 Å². The van der Waals surface area contributed by atoms with Gasteiger partial charge in [0.25, 0.3) is 0 Å². The van der Waals surface area contributed by atoms with E-state index in [1.165, 1.54) is 18.6 Å². The molecule has 1 unspecified atom stereocenters. The maximum atomic E-state index is 10.6. The molecule has 7 heteroatoms. The molecule has 0 saturated heterocycles. The van der Waals surface area contributed by atoms with E-state index in [4.69, 9.17) is 0 Å². The van der Waals surface area contributed by atoms with Crippen molar-refractivity contribution in [2.75, 3.05) is 6.26 Å². The van der Waals surface area contributed by atoms with Gasteiger partial charge < -0.3 is 0 Å². The Morgan fingerprint density at radius 3 is 2.44 bits per heavy atom. The van der Waals surface area contributed by atoms with Gasteiger partial charge in [0.05, 0.1) is 12.3 Å². The molecule has 0 heterocycles. The van der Waals surface area contributed by atoms with E-state index in [1.807, 2.05) is 13.8 Å². The maximum absolute atomic E-state index is 10.6. The summed E-state index contributed by atoms with van der Waals surface area (Å²) in [5.41, 5.74) is 0. The van der Waals surface area contributed by atoms with Crippen molar-refractivity contribution in [1.82, 2.24) is 4.72 Å². The van der Waals surface area contributed by atoms with Crippen molar-refractivity contribution >= 4 is 38.4 Å². The fourth-order valence-electron chi connectivity index (χ4n) is 0.578. The number of alkyl halides is 1. The zero-order chi connectivity index (χ0) is 12.6. The molecule has 92 valence electrons. The summed E-state index contributed by atoms with van der Waals surface area (Å²) in [4.78, 5) is 8.29. The molecule has 0 spiro atoms. The van der Waals surface area contributed by atoms with Crippen molar-refractivity contribution in [2.24, 2.45) is 9.98 Å². The number of rotatable bonds is 6. The molecule has 0 aliphatic rings. The van der Waals surface area contributed by atoms with Crippen LogP contribution in [0.3, 0.4) is 0 Å². The molecule has 0 fully saturated rings. The van der Waals surface area contributed by atoms with E-state index in [-0.39, 0.29) is 6.04 Å². The van der Waals surface area contributed by atoms with E-state index in [1.54, 1.807) is 6.21 Å². The summed E-state index contributed by atoms with van der Waals surface area (Å²) in [6, 6.07) is 0.171. The Bertz CT molecular complexity index is 374. The van der Waals surface area contributed by atoms with Crippen molar-refractivity contribution in [1.29, 1.82) is 0 Å². The second-order valence-electron chi connectivity index (χ2n) is 3.22. The van der Waals surface area contributed by atoms with Crippen LogP contribution in [0.25, 0.3) is 0 Å². The third-order valence-corrected chi connectivity index (χ3v) is 2.91. The molecule has 0 bridgehead atoms. The van der Waals surface area contributed by atoms with Crippen molar-refractivity contribution in [3.8, 4) is 0 Å². The van der Waals surface area contributed by atoms with Gasteiger partial charge in [0, 0.05) is 29.7 Å². The quantitative estimate of drug-likeness (QED) is 0.594. The zero-order valence-electron chi connectivity index (χ0n) is 9.46. The smallest absolute Gasteiger partial charge is 0.229 e. The Balaban J connectivity index is 3.95. The van der Waals surface area contributed by atoms with E-state index >= 15 is 0 Å². The third kappa shape index (κ3) is 9.85. The van der Waals surface area contributed by atoms with Crippen molar-refractivity contribution in [2.45, 2.75) is 24.7 Å². The van der Waals surface area contributed by atoms with Crippen LogP contribution in [0.1, 0.15) is 13.8 Å². The van der Waals surface area contributed by atoms with Gasteiger partial charge in [-0.15, -0.1) is 0 Å². The van der Waals surface area contributed by atoms with Gasteiger partial charge in [0.15, 0.2) is 0 Å². The van der Waals surface area contributed by atoms with Crippen molar-refractivity contribution in [3.63, 3.8) is 0 Å². The lowest BCUT2D eigenvalue weighted by Crippen LogP contribution is -2.14. The first-order valence-electron chi connectivity index (χ1n) is 4.64. The molecule has 16 heavy (non-hydrogen) atoms. The van der Waals surface area contributed by atoms with E-state index in [0.29, 0.717) is 4.83 Å². The Kier molecular flexibility index (Phi) is 7.24. The SMILES string of the molecule is CC(Br)[C@H](C)N=CC=N/C=C\NS(C)(=O)=O. The number of hydrogen-bond acceptors (Lipinski definition) is 4. The molecule has 2 atom stereocenters. The van der Waals surface area contributed by atoms with Crippen molar-refractivity contribution < 1.29 is 8.42 Å². The number of aliphatic imine (C=N–C) groups is 2. The van der Waals surface area contributed by atoms with Crippen LogP contribution in [0.15, 0.2) is 22.4 Å². The highest BCUT2D eigenvalue weighted by molar-refractivity contribution is 9.09. The first-order valence-corrected chi connectivity index (χ1v) is 7.45. The highest BCUT2D eigenvalue weighted by Crippen LogP contribution is 2.06. The first-order chi connectivity index (χ1) is 7.33. The average molecular weight is 310 g/mol. The molecular weight excluding hydrogens is 294 g/mol. The zero-order valence-corrected chi connectivity index (χ0v) is 11.9. The minimum absolute atomic E-state index is 0.171. The topological polar surface area (TPSA) is 70.9 Å². The van der Waals surface area contributed by atoms with Crippen LogP contribution in [0.2, 0.25) is 0 Å². The molecule has 0 rings (SSSR count). The lowest BCUT2D eigenvalue weighted by molar-refractivity contribution is 0.596. The summed E-state index contributed by atoms with van der Waals surface area (Å²) >= 11 is 3.41. The van der Waals surface area contributed by atoms with Crippen LogP contribution in [0, 0.1) is 0 Å². The van der Waals surface area contributed by atoms with Crippen LogP contribution in [0.4, 0.5) is 0 Å². The predicted octanol–water partition coefficient (Wildman–Crippen LogP) is 1.32. The number of nitrogens with one attached hydrogen (secondary N) is 1. The molecule has 0 aromatic heterocycles. The first kappa shape index (κ1) is 15.3. The van der Waals surface area contributed by atoms with Gasteiger partial charge in [-0.05, 0) is 6.92 Å². The summed E-state index contributed by atoms with van der Waals surface area (Å²) in [5.74, 6) is 0. The molecule has 0 saturated carbocycles. The van der Waals surface area contributed by atoms with E-state index in [0.717, 1.165) is 6.26 Å². The summed E-state index contributed by atoms with van der Waals surface area (Å²) in [7, 11) is -3.19. The predicted molar refractivity (Wildman–Crippen MR) is 72.0 cm³/mol. The van der Waals surface area contributed by atoms with E-state index < -0.39 is 10.0 Å². The van der Waals surface area contributed by atoms with Gasteiger partial charge in [-0.2, -0.15) is 0 Å². The number of halogens is 1. The van der Waals surface area contributed by atoms with Crippen LogP contribution >= 0.6 is 15.9 Å². The van der Waals surface area contributed by atoms with Gasteiger partial charge in [-0.1, -0.05) is 22.9 Å². The average Bonchev–Trinajstić information content (AvgIpc) is 2.14. The standard InChI is InChI=1S/C9H16BrN3O2S/c1-8(10)9(2)12-6-4-11-5-7-13-16(3,14)15/h4-9,13H,1-3H3/b7-5-,11-4?,12-6?/t8?,9-/m0/s1. The van der Waals surface area contributed by atoms with Gasteiger partial charge >= 0.3 is 0 Å². The minimum atomic E-state index is -3.19. The normalized spacial score (nSPS) is 17.2. The number of nitrogens with zero attached hydrogens (tertiary/aromatic N) is 2.